The van der Waals surface area contributed by atoms with Crippen molar-refractivity contribution in [3.63, 3.8) is 0 Å². The van der Waals surface area contributed by atoms with Gasteiger partial charge in [-0.05, 0) is 36.4 Å². The van der Waals surface area contributed by atoms with Crippen molar-refractivity contribution in [2.24, 2.45) is 0 Å². The summed E-state index contributed by atoms with van der Waals surface area (Å²) in [7, 11) is 0. The van der Waals surface area contributed by atoms with Crippen LogP contribution in [0, 0.1) is 5.82 Å². The van der Waals surface area contributed by atoms with E-state index < -0.39 is 17.3 Å². The number of carbonyl (C=O) groups is 1. The zero-order valence-corrected chi connectivity index (χ0v) is 16.8. The molecule has 1 N–H and O–H groups in total. The number of carboxylic acids is 1. The molecular formula is C26H17FN2O3. The van der Waals surface area contributed by atoms with Crippen LogP contribution in [0.15, 0.2) is 84.9 Å². The second-order valence-corrected chi connectivity index (χ2v) is 7.28. The average Bonchev–Trinajstić information content (AvgIpc) is 2.82. The van der Waals surface area contributed by atoms with Crippen molar-refractivity contribution in [1.29, 1.82) is 0 Å². The molecule has 156 valence electrons. The zero-order chi connectivity index (χ0) is 22.1. The molecule has 5 nitrogen and oxygen atoms in total. The number of pyridine rings is 2. The number of benzene rings is 3. The first-order chi connectivity index (χ1) is 15.6. The minimum Gasteiger partial charge on any atom is -0.486 e. The van der Waals surface area contributed by atoms with Gasteiger partial charge in [-0.2, -0.15) is 0 Å². The largest absolute Gasteiger partial charge is 0.486 e. The Hall–Kier alpha value is -4.32. The number of carboxylic acid groups (broad SMARTS) is 1. The quantitative estimate of drug-likeness (QED) is 0.382. The molecule has 5 rings (SSSR count). The van der Waals surface area contributed by atoms with E-state index in [1.165, 1.54) is 12.1 Å². The number of ether oxygens (including phenoxy) is 1. The molecule has 2 heterocycles. The molecule has 6 heteroatoms. The first kappa shape index (κ1) is 19.6. The van der Waals surface area contributed by atoms with Crippen molar-refractivity contribution in [1.82, 2.24) is 9.97 Å². The summed E-state index contributed by atoms with van der Waals surface area (Å²) >= 11 is 0. The third-order valence-corrected chi connectivity index (χ3v) is 5.22. The standard InChI is InChI=1S/C26H17FN2O3/c27-25-19(26(30)31)12-14-23(24(25)22-13-10-17-6-2-4-8-21(17)29-22)32-15-18-11-9-16-5-1-3-7-20(16)28-18/h1-14H,15H2,(H,30,31). The van der Waals surface area contributed by atoms with Gasteiger partial charge >= 0.3 is 5.97 Å². The van der Waals surface area contributed by atoms with Gasteiger partial charge in [0.25, 0.3) is 0 Å². The molecular weight excluding hydrogens is 407 g/mol. The van der Waals surface area contributed by atoms with Crippen molar-refractivity contribution in [2.45, 2.75) is 6.61 Å². The lowest BCUT2D eigenvalue weighted by Crippen LogP contribution is -2.06. The van der Waals surface area contributed by atoms with Crippen LogP contribution in [-0.2, 0) is 6.61 Å². The predicted molar refractivity (Wildman–Crippen MR) is 120 cm³/mol. The van der Waals surface area contributed by atoms with Crippen molar-refractivity contribution < 1.29 is 19.0 Å². The summed E-state index contributed by atoms with van der Waals surface area (Å²) in [5.74, 6) is -2.04. The number of hydrogen-bond donors (Lipinski definition) is 1. The molecule has 0 unspecified atom stereocenters. The first-order valence-electron chi connectivity index (χ1n) is 9.99. The zero-order valence-electron chi connectivity index (χ0n) is 16.8. The van der Waals surface area contributed by atoms with Gasteiger partial charge in [0, 0.05) is 10.8 Å². The van der Waals surface area contributed by atoms with Gasteiger partial charge in [-0.1, -0.05) is 48.5 Å². The van der Waals surface area contributed by atoms with Crippen LogP contribution in [0.3, 0.4) is 0 Å². The highest BCUT2D eigenvalue weighted by Crippen LogP contribution is 2.35. The number of para-hydroxylation sites is 2. The number of aromatic nitrogens is 2. The maximum Gasteiger partial charge on any atom is 0.338 e. The maximum atomic E-state index is 15.3. The summed E-state index contributed by atoms with van der Waals surface area (Å²) in [6.45, 7) is 0.0945. The fourth-order valence-corrected chi connectivity index (χ4v) is 3.63. The molecule has 32 heavy (non-hydrogen) atoms. The number of nitrogens with zero attached hydrogens (tertiary/aromatic N) is 2. The van der Waals surface area contributed by atoms with E-state index in [1.54, 1.807) is 6.07 Å². The lowest BCUT2D eigenvalue weighted by molar-refractivity contribution is 0.0692. The Morgan fingerprint density at radius 2 is 1.47 bits per heavy atom. The minimum atomic E-state index is -1.35. The van der Waals surface area contributed by atoms with Crippen LogP contribution in [0.2, 0.25) is 0 Å². The molecule has 0 saturated carbocycles. The molecule has 0 bridgehead atoms. The van der Waals surface area contributed by atoms with Gasteiger partial charge in [0.1, 0.15) is 12.4 Å². The van der Waals surface area contributed by atoms with Gasteiger partial charge in [0.05, 0.1) is 33.5 Å². The molecule has 0 aliphatic rings. The minimum absolute atomic E-state index is 0.0106. The fraction of sp³-hybridized carbons (Fsp3) is 0.0385. The van der Waals surface area contributed by atoms with Crippen LogP contribution in [0.25, 0.3) is 33.1 Å². The molecule has 0 amide bonds. The van der Waals surface area contributed by atoms with Gasteiger partial charge in [0.2, 0.25) is 0 Å². The summed E-state index contributed by atoms with van der Waals surface area (Å²) in [6, 6.07) is 25.1. The highest BCUT2D eigenvalue weighted by Gasteiger charge is 2.21. The van der Waals surface area contributed by atoms with E-state index in [-0.39, 0.29) is 17.9 Å². The van der Waals surface area contributed by atoms with Crippen molar-refractivity contribution >= 4 is 27.8 Å². The SMILES string of the molecule is O=C(O)c1ccc(OCc2ccc3ccccc3n2)c(-c2ccc3ccccc3n2)c1F. The van der Waals surface area contributed by atoms with Gasteiger partial charge in [0.15, 0.2) is 5.82 Å². The molecule has 0 radical (unpaired) electrons. The number of aromatic carboxylic acids is 1. The second-order valence-electron chi connectivity index (χ2n) is 7.28. The van der Waals surface area contributed by atoms with Crippen LogP contribution in [0.1, 0.15) is 16.1 Å². The molecule has 0 saturated heterocycles. The molecule has 5 aromatic rings. The van der Waals surface area contributed by atoms with Gasteiger partial charge < -0.3 is 9.84 Å². The summed E-state index contributed by atoms with van der Waals surface area (Å²) in [5.41, 5.74) is 2.04. The molecule has 0 atom stereocenters. The number of fused-ring (bicyclic) bond motifs is 2. The third kappa shape index (κ3) is 3.63. The normalized spacial score (nSPS) is 11.0. The summed E-state index contributed by atoms with van der Waals surface area (Å²) in [5, 5.41) is 11.3. The van der Waals surface area contributed by atoms with E-state index >= 15 is 4.39 Å². The highest BCUT2D eigenvalue weighted by atomic mass is 19.1. The van der Waals surface area contributed by atoms with E-state index in [2.05, 4.69) is 9.97 Å². The monoisotopic (exact) mass is 424 g/mol. The van der Waals surface area contributed by atoms with Crippen molar-refractivity contribution in [3.05, 3.63) is 102 Å². The van der Waals surface area contributed by atoms with Crippen LogP contribution in [-0.4, -0.2) is 21.0 Å². The summed E-state index contributed by atoms with van der Waals surface area (Å²) < 4.78 is 21.2. The molecule has 0 aliphatic carbocycles. The second kappa shape index (κ2) is 8.07. The maximum absolute atomic E-state index is 15.3. The molecule has 0 spiro atoms. The van der Waals surface area contributed by atoms with Crippen LogP contribution >= 0.6 is 0 Å². The molecule has 0 aliphatic heterocycles. The summed E-state index contributed by atoms with van der Waals surface area (Å²) in [4.78, 5) is 20.6. The first-order valence-corrected chi connectivity index (χ1v) is 9.99. The number of hydrogen-bond acceptors (Lipinski definition) is 4. The van der Waals surface area contributed by atoms with E-state index in [0.29, 0.717) is 16.9 Å². The molecule has 3 aromatic carbocycles. The van der Waals surface area contributed by atoms with Gasteiger partial charge in [-0.15, -0.1) is 0 Å². The Kier molecular flexibility index (Phi) is 4.95. The highest BCUT2D eigenvalue weighted by molar-refractivity contribution is 5.91. The lowest BCUT2D eigenvalue weighted by atomic mass is 10.0. The van der Waals surface area contributed by atoms with Crippen molar-refractivity contribution in [2.75, 3.05) is 0 Å². The van der Waals surface area contributed by atoms with E-state index in [4.69, 9.17) is 4.74 Å². The van der Waals surface area contributed by atoms with Gasteiger partial charge in [-0.25, -0.2) is 19.2 Å². The lowest BCUT2D eigenvalue weighted by Gasteiger charge is -2.14. The Morgan fingerprint density at radius 1 is 0.812 bits per heavy atom. The topological polar surface area (TPSA) is 72.3 Å². The van der Waals surface area contributed by atoms with Crippen LogP contribution < -0.4 is 4.74 Å². The average molecular weight is 424 g/mol. The molecule has 0 fully saturated rings. The van der Waals surface area contributed by atoms with Crippen molar-refractivity contribution in [3.8, 4) is 17.0 Å². The smallest absolute Gasteiger partial charge is 0.338 e. The predicted octanol–water partition coefficient (Wildman–Crippen LogP) is 5.87. The van der Waals surface area contributed by atoms with Gasteiger partial charge in [-0.3, -0.25) is 0 Å². The van der Waals surface area contributed by atoms with Crippen LogP contribution in [0.4, 0.5) is 4.39 Å². The third-order valence-electron chi connectivity index (χ3n) is 5.22. The number of halogens is 1. The Balaban J connectivity index is 1.56. The van der Waals surface area contributed by atoms with Crippen LogP contribution in [0.5, 0.6) is 5.75 Å². The van der Waals surface area contributed by atoms with E-state index in [9.17, 15) is 9.90 Å². The van der Waals surface area contributed by atoms with E-state index in [1.807, 2.05) is 66.7 Å². The number of rotatable bonds is 5. The fourth-order valence-electron chi connectivity index (χ4n) is 3.63. The Morgan fingerprint density at radius 3 is 2.19 bits per heavy atom. The Bertz CT molecular complexity index is 1480. The van der Waals surface area contributed by atoms with E-state index in [0.717, 1.165) is 16.3 Å². The molecule has 2 aromatic heterocycles. The Labute approximate surface area is 182 Å². The summed E-state index contributed by atoms with van der Waals surface area (Å²) in [6.07, 6.45) is 0.